The summed E-state index contributed by atoms with van der Waals surface area (Å²) in [6.45, 7) is 3.37. The third kappa shape index (κ3) is 4.80. The standard InChI is InChI=1S/C21H26N4O2S.2ClH/c1-13-9-14(10-22)12-25(13)21(27)18-16-6-2-3-7-17(16)28-20(18)24-19(26)15-5-4-8-23-11-15;;/h4-5,8,11,13-14H,2-3,6-7,9-10,12,22H2,1H3,(H,24,26);2*1H. The number of aryl methyl sites for hydroxylation is 1. The van der Waals surface area contributed by atoms with Crippen LogP contribution in [-0.4, -0.2) is 40.8 Å². The maximum absolute atomic E-state index is 13.5. The molecule has 2 atom stereocenters. The molecule has 1 aliphatic heterocycles. The molecule has 0 saturated carbocycles. The van der Waals surface area contributed by atoms with E-state index in [4.69, 9.17) is 5.73 Å². The van der Waals surface area contributed by atoms with Gasteiger partial charge in [-0.15, -0.1) is 36.2 Å². The fraction of sp³-hybridized carbons (Fsp3) is 0.476. The molecule has 0 bridgehead atoms. The first-order chi connectivity index (χ1) is 13.6. The minimum atomic E-state index is -0.227. The number of halogens is 2. The monoisotopic (exact) mass is 470 g/mol. The summed E-state index contributed by atoms with van der Waals surface area (Å²) >= 11 is 1.56. The van der Waals surface area contributed by atoms with Gasteiger partial charge in [-0.05, 0) is 69.2 Å². The molecule has 164 valence electrons. The fourth-order valence-corrected chi connectivity index (χ4v) is 5.57. The molecular formula is C21H28Cl2N4O2S. The lowest BCUT2D eigenvalue weighted by molar-refractivity contribution is 0.0743. The fourth-order valence-electron chi connectivity index (χ4n) is 4.29. The summed E-state index contributed by atoms with van der Waals surface area (Å²) in [6.07, 6.45) is 8.21. The van der Waals surface area contributed by atoms with Crippen LogP contribution in [0.15, 0.2) is 24.5 Å². The topological polar surface area (TPSA) is 88.3 Å². The van der Waals surface area contributed by atoms with Gasteiger partial charge in [-0.25, -0.2) is 0 Å². The number of anilines is 1. The summed E-state index contributed by atoms with van der Waals surface area (Å²) in [5.74, 6) is 0.154. The number of nitrogens with zero attached hydrogens (tertiary/aromatic N) is 2. The average molecular weight is 471 g/mol. The van der Waals surface area contributed by atoms with Gasteiger partial charge in [0.05, 0.1) is 11.1 Å². The van der Waals surface area contributed by atoms with Crippen molar-refractivity contribution in [3.05, 3.63) is 46.1 Å². The minimum Gasteiger partial charge on any atom is -0.336 e. The molecule has 1 fully saturated rings. The SMILES string of the molecule is CC1CC(CN)CN1C(=O)c1c(NC(=O)c2cccnc2)sc2c1CCCC2.Cl.Cl. The first kappa shape index (κ1) is 24.6. The Kier molecular flexibility index (Phi) is 8.67. The molecule has 1 saturated heterocycles. The third-order valence-electron chi connectivity index (χ3n) is 5.79. The van der Waals surface area contributed by atoms with E-state index in [9.17, 15) is 9.59 Å². The number of likely N-dealkylation sites (tertiary alicyclic amines) is 1. The summed E-state index contributed by atoms with van der Waals surface area (Å²) in [7, 11) is 0. The highest BCUT2D eigenvalue weighted by Gasteiger charge is 2.36. The summed E-state index contributed by atoms with van der Waals surface area (Å²) < 4.78 is 0. The molecule has 1 aliphatic carbocycles. The molecule has 2 unspecified atom stereocenters. The second kappa shape index (κ2) is 10.6. The van der Waals surface area contributed by atoms with Crippen LogP contribution < -0.4 is 11.1 Å². The molecule has 2 amide bonds. The number of nitrogens with two attached hydrogens (primary N) is 1. The van der Waals surface area contributed by atoms with Crippen molar-refractivity contribution in [2.75, 3.05) is 18.4 Å². The molecule has 0 aromatic carbocycles. The van der Waals surface area contributed by atoms with Crippen LogP contribution in [0, 0.1) is 5.92 Å². The minimum absolute atomic E-state index is 0. The number of nitrogens with one attached hydrogen (secondary N) is 1. The molecular weight excluding hydrogens is 443 g/mol. The lowest BCUT2D eigenvalue weighted by Gasteiger charge is -2.23. The Morgan fingerprint density at radius 3 is 2.73 bits per heavy atom. The zero-order valence-corrected chi connectivity index (χ0v) is 19.4. The Morgan fingerprint density at radius 1 is 1.30 bits per heavy atom. The van der Waals surface area contributed by atoms with Crippen molar-refractivity contribution >= 4 is 53.0 Å². The van der Waals surface area contributed by atoms with Gasteiger partial charge in [-0.3, -0.25) is 14.6 Å². The summed E-state index contributed by atoms with van der Waals surface area (Å²) in [4.78, 5) is 33.4. The molecule has 0 spiro atoms. The molecule has 3 heterocycles. The highest BCUT2D eigenvalue weighted by atomic mass is 35.5. The van der Waals surface area contributed by atoms with E-state index in [1.165, 1.54) is 4.88 Å². The van der Waals surface area contributed by atoms with E-state index in [0.717, 1.165) is 37.7 Å². The third-order valence-corrected chi connectivity index (χ3v) is 7.00. The number of thiophene rings is 1. The summed E-state index contributed by atoms with van der Waals surface area (Å²) in [5.41, 5.74) is 8.17. The van der Waals surface area contributed by atoms with Crippen molar-refractivity contribution in [2.45, 2.75) is 45.1 Å². The van der Waals surface area contributed by atoms with Gasteiger partial charge in [0, 0.05) is 29.9 Å². The van der Waals surface area contributed by atoms with Crippen molar-refractivity contribution in [1.29, 1.82) is 0 Å². The number of fused-ring (bicyclic) bond motifs is 1. The maximum Gasteiger partial charge on any atom is 0.257 e. The predicted molar refractivity (Wildman–Crippen MR) is 125 cm³/mol. The van der Waals surface area contributed by atoms with Gasteiger partial charge >= 0.3 is 0 Å². The number of hydrogen-bond donors (Lipinski definition) is 2. The number of carbonyl (C=O) groups is 2. The van der Waals surface area contributed by atoms with E-state index in [1.807, 2.05) is 4.90 Å². The zero-order chi connectivity index (χ0) is 19.7. The van der Waals surface area contributed by atoms with E-state index in [0.29, 0.717) is 35.1 Å². The van der Waals surface area contributed by atoms with Gasteiger partial charge in [0.15, 0.2) is 0 Å². The Morgan fingerprint density at radius 2 is 2.07 bits per heavy atom. The Balaban J connectivity index is 0.00000160. The highest BCUT2D eigenvalue weighted by Crippen LogP contribution is 2.40. The molecule has 2 aliphatic rings. The second-order valence-corrected chi connectivity index (χ2v) is 8.86. The van der Waals surface area contributed by atoms with Gasteiger partial charge in [-0.1, -0.05) is 0 Å². The number of aromatic nitrogens is 1. The molecule has 3 N–H and O–H groups in total. The smallest absolute Gasteiger partial charge is 0.257 e. The number of carbonyl (C=O) groups excluding carboxylic acids is 2. The van der Waals surface area contributed by atoms with Gasteiger partial charge in [-0.2, -0.15) is 0 Å². The molecule has 9 heteroatoms. The summed E-state index contributed by atoms with van der Waals surface area (Å²) in [6, 6.07) is 3.63. The van der Waals surface area contributed by atoms with E-state index in [-0.39, 0.29) is 42.7 Å². The molecule has 30 heavy (non-hydrogen) atoms. The van der Waals surface area contributed by atoms with Crippen molar-refractivity contribution in [3.63, 3.8) is 0 Å². The van der Waals surface area contributed by atoms with Crippen LogP contribution in [0.2, 0.25) is 0 Å². The maximum atomic E-state index is 13.5. The van der Waals surface area contributed by atoms with Gasteiger partial charge in [0.2, 0.25) is 0 Å². The van der Waals surface area contributed by atoms with Crippen LogP contribution in [0.5, 0.6) is 0 Å². The van der Waals surface area contributed by atoms with Crippen LogP contribution in [0.3, 0.4) is 0 Å². The van der Waals surface area contributed by atoms with Gasteiger partial charge in [0.1, 0.15) is 5.00 Å². The van der Waals surface area contributed by atoms with Crippen LogP contribution in [0.25, 0.3) is 0 Å². The Bertz CT molecular complexity index is 891. The van der Waals surface area contributed by atoms with Crippen LogP contribution in [-0.2, 0) is 12.8 Å². The molecule has 0 radical (unpaired) electrons. The molecule has 4 rings (SSSR count). The zero-order valence-electron chi connectivity index (χ0n) is 16.9. The van der Waals surface area contributed by atoms with Crippen LogP contribution in [0.1, 0.15) is 57.3 Å². The van der Waals surface area contributed by atoms with E-state index in [1.54, 1.807) is 35.9 Å². The number of pyridine rings is 1. The van der Waals surface area contributed by atoms with Gasteiger partial charge in [0.25, 0.3) is 11.8 Å². The largest absolute Gasteiger partial charge is 0.336 e. The van der Waals surface area contributed by atoms with Crippen molar-refractivity contribution in [1.82, 2.24) is 9.88 Å². The van der Waals surface area contributed by atoms with Crippen molar-refractivity contribution in [2.24, 2.45) is 11.7 Å². The quantitative estimate of drug-likeness (QED) is 0.708. The van der Waals surface area contributed by atoms with E-state index in [2.05, 4.69) is 17.2 Å². The molecule has 6 nitrogen and oxygen atoms in total. The number of rotatable bonds is 4. The van der Waals surface area contributed by atoms with E-state index >= 15 is 0 Å². The number of amides is 2. The van der Waals surface area contributed by atoms with Crippen molar-refractivity contribution in [3.8, 4) is 0 Å². The number of hydrogen-bond acceptors (Lipinski definition) is 5. The van der Waals surface area contributed by atoms with Crippen molar-refractivity contribution < 1.29 is 9.59 Å². The lowest BCUT2D eigenvalue weighted by Crippen LogP contribution is -2.35. The van der Waals surface area contributed by atoms with Gasteiger partial charge < -0.3 is 16.0 Å². The lowest BCUT2D eigenvalue weighted by atomic mass is 9.95. The molecule has 2 aromatic rings. The first-order valence-corrected chi connectivity index (χ1v) is 10.8. The second-order valence-electron chi connectivity index (χ2n) is 7.75. The highest BCUT2D eigenvalue weighted by molar-refractivity contribution is 7.17. The average Bonchev–Trinajstić information content (AvgIpc) is 3.28. The van der Waals surface area contributed by atoms with Crippen LogP contribution in [0.4, 0.5) is 5.00 Å². The summed E-state index contributed by atoms with van der Waals surface area (Å²) in [5, 5.41) is 3.67. The Hall–Kier alpha value is -1.67. The predicted octanol–water partition coefficient (Wildman–Crippen LogP) is 3.93. The first-order valence-electron chi connectivity index (χ1n) is 9.95. The normalized spacial score (nSPS) is 20.0. The van der Waals surface area contributed by atoms with Crippen LogP contribution >= 0.6 is 36.2 Å². The van der Waals surface area contributed by atoms with E-state index < -0.39 is 0 Å². The molecule has 2 aromatic heterocycles. The Labute approximate surface area is 193 Å².